The van der Waals surface area contributed by atoms with Gasteiger partial charge in [-0.05, 0) is 18.6 Å². The zero-order valence-electron chi connectivity index (χ0n) is 11.6. The van der Waals surface area contributed by atoms with Crippen LogP contribution in [0.3, 0.4) is 0 Å². The third-order valence-electron chi connectivity index (χ3n) is 2.98. The van der Waals surface area contributed by atoms with Crippen LogP contribution >= 0.6 is 0 Å². The average molecular weight is 301 g/mol. The molecule has 7 heteroatoms. The minimum absolute atomic E-state index is 0.0114. The van der Waals surface area contributed by atoms with Gasteiger partial charge in [-0.1, -0.05) is 6.92 Å². The second-order valence-corrected chi connectivity index (χ2v) is 4.78. The Balaban J connectivity index is 2.88. The number of carbonyl (C=O) groups is 2. The standard InChI is InChI=1S/C14H17F2NO4/c1-9(14(20)21)8-17(6-2-3-13(18)19)12-5-4-10(15)7-11(12)16/h4-5,7,9H,2-3,6,8H2,1H3,(H,18,19)(H,20,21). The molecule has 1 aromatic carbocycles. The fourth-order valence-corrected chi connectivity index (χ4v) is 1.88. The van der Waals surface area contributed by atoms with Gasteiger partial charge in [-0.3, -0.25) is 9.59 Å². The van der Waals surface area contributed by atoms with E-state index in [0.29, 0.717) is 6.07 Å². The van der Waals surface area contributed by atoms with Crippen LogP contribution in [-0.4, -0.2) is 35.2 Å². The normalized spacial score (nSPS) is 12.0. The van der Waals surface area contributed by atoms with Crippen molar-refractivity contribution in [3.63, 3.8) is 0 Å². The van der Waals surface area contributed by atoms with Crippen molar-refractivity contribution < 1.29 is 28.6 Å². The zero-order valence-corrected chi connectivity index (χ0v) is 11.6. The maximum absolute atomic E-state index is 13.8. The first-order chi connectivity index (χ1) is 9.81. The van der Waals surface area contributed by atoms with Crippen molar-refractivity contribution in [2.45, 2.75) is 19.8 Å². The first kappa shape index (κ1) is 16.9. The number of halogens is 2. The topological polar surface area (TPSA) is 77.8 Å². The molecule has 0 amide bonds. The lowest BCUT2D eigenvalue weighted by Gasteiger charge is -2.26. The maximum Gasteiger partial charge on any atom is 0.308 e. The van der Waals surface area contributed by atoms with Crippen molar-refractivity contribution in [2.75, 3.05) is 18.0 Å². The molecule has 0 saturated heterocycles. The molecule has 0 aliphatic carbocycles. The van der Waals surface area contributed by atoms with E-state index in [2.05, 4.69) is 0 Å². The second kappa shape index (κ2) is 7.56. The minimum atomic E-state index is -1.04. The summed E-state index contributed by atoms with van der Waals surface area (Å²) in [6.45, 7) is 1.65. The summed E-state index contributed by atoms with van der Waals surface area (Å²) in [5.74, 6) is -4.32. The van der Waals surface area contributed by atoms with Gasteiger partial charge in [0.15, 0.2) is 0 Å². The lowest BCUT2D eigenvalue weighted by Crippen LogP contribution is -2.33. The summed E-state index contributed by atoms with van der Waals surface area (Å²) in [6, 6.07) is 3.01. The van der Waals surface area contributed by atoms with E-state index in [1.807, 2.05) is 0 Å². The predicted octanol–water partition coefficient (Wildman–Crippen LogP) is 2.36. The molecule has 1 rings (SSSR count). The van der Waals surface area contributed by atoms with Gasteiger partial charge in [0.25, 0.3) is 0 Å². The molecule has 0 saturated carbocycles. The van der Waals surface area contributed by atoms with E-state index in [1.165, 1.54) is 17.9 Å². The fourth-order valence-electron chi connectivity index (χ4n) is 1.88. The third-order valence-corrected chi connectivity index (χ3v) is 2.98. The number of benzene rings is 1. The second-order valence-electron chi connectivity index (χ2n) is 4.78. The van der Waals surface area contributed by atoms with E-state index in [-0.39, 0.29) is 31.6 Å². The molecule has 0 aliphatic heterocycles. The van der Waals surface area contributed by atoms with Crippen molar-refractivity contribution >= 4 is 17.6 Å². The van der Waals surface area contributed by atoms with Crippen LogP contribution in [-0.2, 0) is 9.59 Å². The summed E-state index contributed by atoms with van der Waals surface area (Å²) < 4.78 is 26.7. The van der Waals surface area contributed by atoms with Crippen molar-refractivity contribution in [1.29, 1.82) is 0 Å². The van der Waals surface area contributed by atoms with Gasteiger partial charge in [-0.15, -0.1) is 0 Å². The molecule has 1 atom stereocenters. The molecule has 2 N–H and O–H groups in total. The van der Waals surface area contributed by atoms with Gasteiger partial charge in [-0.2, -0.15) is 0 Å². The Morgan fingerprint density at radius 1 is 1.29 bits per heavy atom. The number of aliphatic carboxylic acids is 2. The highest BCUT2D eigenvalue weighted by Crippen LogP contribution is 2.22. The predicted molar refractivity (Wildman–Crippen MR) is 72.2 cm³/mol. The van der Waals surface area contributed by atoms with Crippen LogP contribution in [0.25, 0.3) is 0 Å². The SMILES string of the molecule is CC(CN(CCCC(=O)O)c1ccc(F)cc1F)C(=O)O. The van der Waals surface area contributed by atoms with Crippen LogP contribution in [0.1, 0.15) is 19.8 Å². The molecule has 0 heterocycles. The molecule has 0 bridgehead atoms. The van der Waals surface area contributed by atoms with E-state index < -0.39 is 29.5 Å². The van der Waals surface area contributed by atoms with E-state index in [9.17, 15) is 18.4 Å². The van der Waals surface area contributed by atoms with Crippen molar-refractivity contribution in [1.82, 2.24) is 0 Å². The van der Waals surface area contributed by atoms with Crippen LogP contribution < -0.4 is 4.90 Å². The van der Waals surface area contributed by atoms with E-state index in [4.69, 9.17) is 10.2 Å². The van der Waals surface area contributed by atoms with Crippen molar-refractivity contribution in [3.8, 4) is 0 Å². The molecular weight excluding hydrogens is 284 g/mol. The van der Waals surface area contributed by atoms with Gasteiger partial charge in [-0.25, -0.2) is 8.78 Å². The Kier molecular flexibility index (Phi) is 6.08. The van der Waals surface area contributed by atoms with Gasteiger partial charge in [0.05, 0.1) is 11.6 Å². The van der Waals surface area contributed by atoms with Crippen LogP contribution in [0.5, 0.6) is 0 Å². The summed E-state index contributed by atoms with van der Waals surface area (Å²) in [7, 11) is 0. The number of nitrogens with zero attached hydrogens (tertiary/aromatic N) is 1. The van der Waals surface area contributed by atoms with Crippen LogP contribution in [0.15, 0.2) is 18.2 Å². The molecule has 5 nitrogen and oxygen atoms in total. The Morgan fingerprint density at radius 2 is 1.95 bits per heavy atom. The summed E-state index contributed by atoms with van der Waals surface area (Å²) in [4.78, 5) is 22.9. The van der Waals surface area contributed by atoms with E-state index in [1.54, 1.807) is 0 Å². The quantitative estimate of drug-likeness (QED) is 0.770. The smallest absolute Gasteiger partial charge is 0.308 e. The first-order valence-corrected chi connectivity index (χ1v) is 6.46. The zero-order chi connectivity index (χ0) is 16.0. The number of carboxylic acids is 2. The van der Waals surface area contributed by atoms with E-state index >= 15 is 0 Å². The molecule has 21 heavy (non-hydrogen) atoms. The maximum atomic E-state index is 13.8. The summed E-state index contributed by atoms with van der Waals surface area (Å²) in [5, 5.41) is 17.6. The van der Waals surface area contributed by atoms with Gasteiger partial charge >= 0.3 is 11.9 Å². The van der Waals surface area contributed by atoms with Crippen molar-refractivity contribution in [3.05, 3.63) is 29.8 Å². The number of anilines is 1. The molecule has 116 valence electrons. The lowest BCUT2D eigenvalue weighted by atomic mass is 10.1. The fraction of sp³-hybridized carbons (Fsp3) is 0.429. The lowest BCUT2D eigenvalue weighted by molar-refractivity contribution is -0.141. The molecule has 0 fully saturated rings. The highest BCUT2D eigenvalue weighted by Gasteiger charge is 2.19. The molecule has 0 aliphatic rings. The molecule has 0 aromatic heterocycles. The first-order valence-electron chi connectivity index (χ1n) is 6.46. The van der Waals surface area contributed by atoms with Crippen LogP contribution in [0, 0.1) is 17.6 Å². The van der Waals surface area contributed by atoms with Crippen LogP contribution in [0.4, 0.5) is 14.5 Å². The molecule has 1 unspecified atom stereocenters. The minimum Gasteiger partial charge on any atom is -0.481 e. The van der Waals surface area contributed by atoms with Crippen LogP contribution in [0.2, 0.25) is 0 Å². The molecule has 0 spiro atoms. The van der Waals surface area contributed by atoms with Gasteiger partial charge in [0.1, 0.15) is 11.6 Å². The largest absolute Gasteiger partial charge is 0.481 e. The Morgan fingerprint density at radius 3 is 2.48 bits per heavy atom. The molecule has 0 radical (unpaired) electrons. The highest BCUT2D eigenvalue weighted by atomic mass is 19.1. The van der Waals surface area contributed by atoms with E-state index in [0.717, 1.165) is 6.07 Å². The summed E-state index contributed by atoms with van der Waals surface area (Å²) in [5.41, 5.74) is 0.0647. The van der Waals surface area contributed by atoms with Gasteiger partial charge in [0, 0.05) is 25.6 Å². The van der Waals surface area contributed by atoms with Gasteiger partial charge < -0.3 is 15.1 Å². The number of hydrogen-bond acceptors (Lipinski definition) is 3. The Bertz CT molecular complexity index is 522. The average Bonchev–Trinajstić information content (AvgIpc) is 2.37. The highest BCUT2D eigenvalue weighted by molar-refractivity contribution is 5.70. The molecule has 1 aromatic rings. The molecular formula is C14H17F2NO4. The number of rotatable bonds is 8. The van der Waals surface area contributed by atoms with Gasteiger partial charge in [0.2, 0.25) is 0 Å². The third kappa shape index (κ3) is 5.37. The number of carboxylic acid groups (broad SMARTS) is 2. The Hall–Kier alpha value is -2.18. The summed E-state index contributed by atoms with van der Waals surface area (Å²) >= 11 is 0. The summed E-state index contributed by atoms with van der Waals surface area (Å²) in [6.07, 6.45) is 0.124. The monoisotopic (exact) mass is 301 g/mol. The number of hydrogen-bond donors (Lipinski definition) is 2. The Labute approximate surface area is 120 Å². The van der Waals surface area contributed by atoms with Crippen molar-refractivity contribution in [2.24, 2.45) is 5.92 Å².